The molecule has 0 aliphatic carbocycles. The van der Waals surface area contributed by atoms with Crippen molar-refractivity contribution in [1.82, 2.24) is 0 Å². The van der Waals surface area contributed by atoms with Crippen molar-refractivity contribution in [1.29, 1.82) is 0 Å². The van der Waals surface area contributed by atoms with Crippen LogP contribution in [0.2, 0.25) is 0 Å². The van der Waals surface area contributed by atoms with E-state index in [4.69, 9.17) is 10.5 Å². The zero-order valence-corrected chi connectivity index (χ0v) is 12.3. The number of rotatable bonds is 5. The van der Waals surface area contributed by atoms with Crippen LogP contribution in [0.15, 0.2) is 54.6 Å². The predicted octanol–water partition coefficient (Wildman–Crippen LogP) is 2.84. The van der Waals surface area contributed by atoms with Crippen LogP contribution < -0.4 is 11.1 Å². The van der Waals surface area contributed by atoms with E-state index in [9.17, 15) is 9.59 Å². The number of para-hydroxylation sites is 1. The van der Waals surface area contributed by atoms with Crippen LogP contribution >= 0.6 is 0 Å². The molecule has 114 valence electrons. The van der Waals surface area contributed by atoms with Crippen molar-refractivity contribution in [2.45, 2.75) is 19.4 Å². The first-order valence-electron chi connectivity index (χ1n) is 7.02. The number of esters is 1. The average molecular weight is 298 g/mol. The third-order valence-electron chi connectivity index (χ3n) is 3.10. The first-order valence-corrected chi connectivity index (χ1v) is 7.02. The third kappa shape index (κ3) is 4.09. The van der Waals surface area contributed by atoms with Gasteiger partial charge in [-0.25, -0.2) is 4.79 Å². The van der Waals surface area contributed by atoms with Gasteiger partial charge in [-0.1, -0.05) is 25.1 Å². The van der Waals surface area contributed by atoms with E-state index >= 15 is 0 Å². The van der Waals surface area contributed by atoms with Crippen LogP contribution in [-0.2, 0) is 9.53 Å². The summed E-state index contributed by atoms with van der Waals surface area (Å²) in [6.45, 7) is 1.78. The quantitative estimate of drug-likeness (QED) is 0.657. The fourth-order valence-corrected chi connectivity index (χ4v) is 1.88. The Morgan fingerprint density at radius 2 is 1.73 bits per heavy atom. The zero-order chi connectivity index (χ0) is 15.9. The highest BCUT2D eigenvalue weighted by molar-refractivity contribution is 5.97. The van der Waals surface area contributed by atoms with Crippen molar-refractivity contribution in [3.8, 4) is 0 Å². The van der Waals surface area contributed by atoms with E-state index in [0.717, 1.165) is 0 Å². The summed E-state index contributed by atoms with van der Waals surface area (Å²) in [5.74, 6) is -0.896. The largest absolute Gasteiger partial charge is 0.449 e. The van der Waals surface area contributed by atoms with Gasteiger partial charge in [0.1, 0.15) is 0 Å². The second kappa shape index (κ2) is 7.26. The maximum atomic E-state index is 12.2. The summed E-state index contributed by atoms with van der Waals surface area (Å²) in [4.78, 5) is 24.2. The van der Waals surface area contributed by atoms with Gasteiger partial charge in [0.15, 0.2) is 6.10 Å². The molecule has 1 atom stereocenters. The molecule has 5 nitrogen and oxygen atoms in total. The van der Waals surface area contributed by atoms with Gasteiger partial charge in [0, 0.05) is 11.4 Å². The third-order valence-corrected chi connectivity index (χ3v) is 3.10. The monoisotopic (exact) mass is 298 g/mol. The van der Waals surface area contributed by atoms with Gasteiger partial charge in [-0.05, 0) is 42.8 Å². The normalized spacial score (nSPS) is 11.5. The summed E-state index contributed by atoms with van der Waals surface area (Å²) in [5, 5.41) is 2.72. The van der Waals surface area contributed by atoms with E-state index in [1.807, 2.05) is 18.2 Å². The SMILES string of the molecule is CCC(OC(=O)c1ccc(N)cc1)C(=O)Nc1ccccc1. The minimum atomic E-state index is -0.842. The van der Waals surface area contributed by atoms with Gasteiger partial charge in [0.25, 0.3) is 5.91 Å². The van der Waals surface area contributed by atoms with E-state index in [0.29, 0.717) is 23.4 Å². The van der Waals surface area contributed by atoms with Gasteiger partial charge in [-0.2, -0.15) is 0 Å². The number of amides is 1. The summed E-state index contributed by atoms with van der Waals surface area (Å²) < 4.78 is 5.27. The number of hydrogen-bond acceptors (Lipinski definition) is 4. The smallest absolute Gasteiger partial charge is 0.338 e. The predicted molar refractivity (Wildman–Crippen MR) is 85.4 cm³/mol. The lowest BCUT2D eigenvalue weighted by atomic mass is 10.2. The van der Waals surface area contributed by atoms with Crippen LogP contribution in [0.4, 0.5) is 11.4 Å². The Morgan fingerprint density at radius 1 is 1.09 bits per heavy atom. The maximum Gasteiger partial charge on any atom is 0.338 e. The van der Waals surface area contributed by atoms with Crippen LogP contribution in [0.25, 0.3) is 0 Å². The maximum absolute atomic E-state index is 12.2. The molecule has 0 saturated heterocycles. The summed E-state index contributed by atoms with van der Waals surface area (Å²) >= 11 is 0. The Hall–Kier alpha value is -2.82. The van der Waals surface area contributed by atoms with Gasteiger partial charge < -0.3 is 15.8 Å². The number of benzene rings is 2. The minimum absolute atomic E-state index is 0.350. The lowest BCUT2D eigenvalue weighted by Gasteiger charge is -2.16. The number of carbonyl (C=O) groups is 2. The summed E-state index contributed by atoms with van der Waals surface area (Å²) in [5.41, 5.74) is 7.16. The molecule has 0 aliphatic rings. The fraction of sp³-hybridized carbons (Fsp3) is 0.176. The molecular weight excluding hydrogens is 280 g/mol. The number of ether oxygens (including phenoxy) is 1. The van der Waals surface area contributed by atoms with Crippen LogP contribution in [0, 0.1) is 0 Å². The molecule has 0 fully saturated rings. The lowest BCUT2D eigenvalue weighted by Crippen LogP contribution is -2.32. The van der Waals surface area contributed by atoms with Gasteiger partial charge >= 0.3 is 5.97 Å². The van der Waals surface area contributed by atoms with Crippen LogP contribution in [-0.4, -0.2) is 18.0 Å². The second-order valence-electron chi connectivity index (χ2n) is 4.78. The molecule has 2 aromatic carbocycles. The van der Waals surface area contributed by atoms with E-state index in [-0.39, 0.29) is 5.91 Å². The van der Waals surface area contributed by atoms with Crippen molar-refractivity contribution < 1.29 is 14.3 Å². The van der Waals surface area contributed by atoms with Crippen LogP contribution in [0.1, 0.15) is 23.7 Å². The molecule has 0 spiro atoms. The van der Waals surface area contributed by atoms with E-state index in [1.54, 1.807) is 43.3 Å². The minimum Gasteiger partial charge on any atom is -0.449 e. The Kier molecular flexibility index (Phi) is 5.14. The van der Waals surface area contributed by atoms with E-state index in [1.165, 1.54) is 0 Å². The van der Waals surface area contributed by atoms with Crippen molar-refractivity contribution in [3.63, 3.8) is 0 Å². The van der Waals surface area contributed by atoms with Gasteiger partial charge in [-0.3, -0.25) is 4.79 Å². The molecule has 0 heterocycles. The number of hydrogen-bond donors (Lipinski definition) is 2. The molecule has 0 aromatic heterocycles. The highest BCUT2D eigenvalue weighted by atomic mass is 16.5. The highest BCUT2D eigenvalue weighted by Crippen LogP contribution is 2.12. The average Bonchev–Trinajstić information content (AvgIpc) is 2.53. The van der Waals surface area contributed by atoms with E-state index in [2.05, 4.69) is 5.32 Å². The lowest BCUT2D eigenvalue weighted by molar-refractivity contribution is -0.124. The summed E-state index contributed by atoms with van der Waals surface area (Å²) in [7, 11) is 0. The molecule has 5 heteroatoms. The molecular formula is C17H18N2O3. The van der Waals surface area contributed by atoms with Crippen LogP contribution in [0.3, 0.4) is 0 Å². The molecule has 0 bridgehead atoms. The molecule has 2 rings (SSSR count). The molecule has 3 N–H and O–H groups in total. The molecule has 0 radical (unpaired) electrons. The molecule has 0 saturated carbocycles. The number of nitrogen functional groups attached to an aromatic ring is 1. The number of nitrogens with one attached hydrogen (secondary N) is 1. The number of anilines is 2. The number of nitrogens with two attached hydrogens (primary N) is 1. The van der Waals surface area contributed by atoms with E-state index < -0.39 is 12.1 Å². The van der Waals surface area contributed by atoms with Crippen molar-refractivity contribution in [3.05, 3.63) is 60.2 Å². The molecule has 1 unspecified atom stereocenters. The molecule has 22 heavy (non-hydrogen) atoms. The fourth-order valence-electron chi connectivity index (χ4n) is 1.88. The number of carbonyl (C=O) groups excluding carboxylic acids is 2. The Balaban J connectivity index is 2.00. The molecule has 2 aromatic rings. The summed E-state index contributed by atoms with van der Waals surface area (Å²) in [6, 6.07) is 15.4. The molecule has 0 aliphatic heterocycles. The van der Waals surface area contributed by atoms with Crippen molar-refractivity contribution in [2.75, 3.05) is 11.1 Å². The van der Waals surface area contributed by atoms with Gasteiger partial charge in [-0.15, -0.1) is 0 Å². The topological polar surface area (TPSA) is 81.4 Å². The van der Waals surface area contributed by atoms with Gasteiger partial charge in [0.2, 0.25) is 0 Å². The Bertz CT molecular complexity index is 639. The second-order valence-corrected chi connectivity index (χ2v) is 4.78. The first kappa shape index (κ1) is 15.6. The molecule has 1 amide bonds. The first-order chi connectivity index (χ1) is 10.6. The standard InChI is InChI=1S/C17H18N2O3/c1-2-15(16(20)19-14-6-4-3-5-7-14)22-17(21)12-8-10-13(18)11-9-12/h3-11,15H,2,18H2,1H3,(H,19,20). The Labute approximate surface area is 129 Å². The Morgan fingerprint density at radius 3 is 2.32 bits per heavy atom. The van der Waals surface area contributed by atoms with Crippen molar-refractivity contribution >= 4 is 23.3 Å². The zero-order valence-electron chi connectivity index (χ0n) is 12.3. The van der Waals surface area contributed by atoms with Crippen molar-refractivity contribution in [2.24, 2.45) is 0 Å². The van der Waals surface area contributed by atoms with Crippen LogP contribution in [0.5, 0.6) is 0 Å². The summed E-state index contributed by atoms with van der Waals surface area (Å²) in [6.07, 6.45) is -0.454. The van der Waals surface area contributed by atoms with Gasteiger partial charge in [0.05, 0.1) is 5.56 Å². The highest BCUT2D eigenvalue weighted by Gasteiger charge is 2.22.